The van der Waals surface area contributed by atoms with E-state index < -0.39 is 5.97 Å². The van der Waals surface area contributed by atoms with Crippen LogP contribution in [0.25, 0.3) is 10.6 Å². The van der Waals surface area contributed by atoms with Gasteiger partial charge in [0.1, 0.15) is 5.01 Å². The van der Waals surface area contributed by atoms with Crippen LogP contribution >= 0.6 is 11.3 Å². The topological polar surface area (TPSA) is 68.3 Å². The highest BCUT2D eigenvalue weighted by atomic mass is 32.1. The number of thiazole rings is 1. The van der Waals surface area contributed by atoms with Gasteiger partial charge < -0.3 is 10.1 Å². The van der Waals surface area contributed by atoms with Crippen LogP contribution in [0.1, 0.15) is 27.9 Å². The highest BCUT2D eigenvalue weighted by Gasteiger charge is 2.13. The maximum Gasteiger partial charge on any atom is 0.312 e. The molecule has 0 aliphatic rings. The summed E-state index contributed by atoms with van der Waals surface area (Å²) in [5.41, 5.74) is 6.68. The number of aryl methyl sites for hydroxylation is 4. The number of anilines is 1. The summed E-state index contributed by atoms with van der Waals surface area (Å²) in [5, 5.41) is 5.53. The van der Waals surface area contributed by atoms with Gasteiger partial charge in [0.15, 0.2) is 6.61 Å². The zero-order valence-corrected chi connectivity index (χ0v) is 17.9. The van der Waals surface area contributed by atoms with Gasteiger partial charge in [-0.2, -0.15) is 0 Å². The lowest BCUT2D eigenvalue weighted by Crippen LogP contribution is -2.22. The molecule has 5 nitrogen and oxygen atoms in total. The van der Waals surface area contributed by atoms with Crippen LogP contribution in [0.4, 0.5) is 5.69 Å². The van der Waals surface area contributed by atoms with E-state index in [9.17, 15) is 9.59 Å². The minimum absolute atomic E-state index is 0.0399. The summed E-state index contributed by atoms with van der Waals surface area (Å²) < 4.78 is 5.13. The molecule has 3 rings (SSSR count). The molecule has 1 amide bonds. The summed E-state index contributed by atoms with van der Waals surface area (Å²) in [6, 6.07) is 12.1. The first-order valence-corrected chi connectivity index (χ1v) is 10.2. The minimum Gasteiger partial charge on any atom is -0.455 e. The zero-order chi connectivity index (χ0) is 21.0. The van der Waals surface area contributed by atoms with E-state index in [2.05, 4.69) is 16.4 Å². The van der Waals surface area contributed by atoms with Crippen molar-refractivity contribution in [3.63, 3.8) is 0 Å². The second-order valence-electron chi connectivity index (χ2n) is 7.17. The Balaban J connectivity index is 1.53. The molecule has 0 aliphatic carbocycles. The molecule has 1 N–H and O–H groups in total. The highest BCUT2D eigenvalue weighted by molar-refractivity contribution is 7.13. The number of nitrogens with zero attached hydrogens (tertiary/aromatic N) is 1. The molecule has 0 saturated carbocycles. The van der Waals surface area contributed by atoms with Gasteiger partial charge in [-0.1, -0.05) is 41.5 Å². The molecule has 0 aliphatic heterocycles. The van der Waals surface area contributed by atoms with E-state index in [1.54, 1.807) is 0 Å². The Hall–Kier alpha value is -2.99. The summed E-state index contributed by atoms with van der Waals surface area (Å²) in [7, 11) is 0. The quantitative estimate of drug-likeness (QED) is 0.597. The predicted octanol–water partition coefficient (Wildman–Crippen LogP) is 4.77. The Bertz CT molecular complexity index is 1030. The summed E-state index contributed by atoms with van der Waals surface area (Å²) in [6.07, 6.45) is 0.0399. The van der Waals surface area contributed by atoms with Gasteiger partial charge in [0, 0.05) is 16.6 Å². The van der Waals surface area contributed by atoms with E-state index in [1.807, 2.05) is 63.4 Å². The number of carbonyl (C=O) groups is 2. The number of aromatic nitrogens is 1. The molecule has 29 heavy (non-hydrogen) atoms. The fourth-order valence-electron chi connectivity index (χ4n) is 3.20. The van der Waals surface area contributed by atoms with Crippen LogP contribution < -0.4 is 5.32 Å². The van der Waals surface area contributed by atoms with Crippen molar-refractivity contribution in [2.75, 3.05) is 11.9 Å². The summed E-state index contributed by atoms with van der Waals surface area (Å²) in [5.74, 6) is -0.828. The Morgan fingerprint density at radius 2 is 1.76 bits per heavy atom. The van der Waals surface area contributed by atoms with E-state index in [0.717, 1.165) is 38.5 Å². The first-order chi connectivity index (χ1) is 13.8. The van der Waals surface area contributed by atoms with Crippen molar-refractivity contribution in [2.45, 2.75) is 34.1 Å². The Morgan fingerprint density at radius 3 is 2.45 bits per heavy atom. The minimum atomic E-state index is -0.474. The van der Waals surface area contributed by atoms with Crippen molar-refractivity contribution >= 4 is 28.9 Å². The molecule has 2 aromatic carbocycles. The van der Waals surface area contributed by atoms with E-state index >= 15 is 0 Å². The SMILES string of the molecule is Cc1cccc(-c2nc(CC(=O)OCC(=O)Nc3c(C)cc(C)cc3C)cs2)c1. The average molecular weight is 409 g/mol. The summed E-state index contributed by atoms with van der Waals surface area (Å²) in [4.78, 5) is 28.8. The summed E-state index contributed by atoms with van der Waals surface area (Å²) in [6.45, 7) is 7.60. The van der Waals surface area contributed by atoms with Crippen molar-refractivity contribution in [3.8, 4) is 10.6 Å². The number of benzene rings is 2. The van der Waals surface area contributed by atoms with Crippen LogP contribution in [0.3, 0.4) is 0 Å². The number of ether oxygens (including phenoxy) is 1. The number of carbonyl (C=O) groups excluding carboxylic acids is 2. The van der Waals surface area contributed by atoms with E-state index in [4.69, 9.17) is 4.74 Å². The van der Waals surface area contributed by atoms with Gasteiger partial charge in [-0.25, -0.2) is 4.98 Å². The van der Waals surface area contributed by atoms with Gasteiger partial charge in [-0.05, 0) is 44.9 Å². The highest BCUT2D eigenvalue weighted by Crippen LogP contribution is 2.25. The zero-order valence-electron chi connectivity index (χ0n) is 17.0. The first kappa shape index (κ1) is 20.7. The van der Waals surface area contributed by atoms with E-state index in [0.29, 0.717) is 5.69 Å². The van der Waals surface area contributed by atoms with Crippen LogP contribution in [0.15, 0.2) is 41.8 Å². The smallest absolute Gasteiger partial charge is 0.312 e. The van der Waals surface area contributed by atoms with Crippen molar-refractivity contribution in [3.05, 3.63) is 69.7 Å². The molecule has 0 bridgehead atoms. The molecule has 0 radical (unpaired) electrons. The molecule has 1 aromatic heterocycles. The Labute approximate surface area is 174 Å². The molecule has 0 atom stereocenters. The second-order valence-corrected chi connectivity index (χ2v) is 8.03. The Kier molecular flexibility index (Phi) is 6.44. The van der Waals surface area contributed by atoms with Crippen molar-refractivity contribution in [2.24, 2.45) is 0 Å². The molecular formula is C23H24N2O3S. The fraction of sp³-hybridized carbons (Fsp3) is 0.261. The van der Waals surface area contributed by atoms with Crippen molar-refractivity contribution in [1.82, 2.24) is 4.98 Å². The van der Waals surface area contributed by atoms with Gasteiger partial charge in [0.2, 0.25) is 0 Å². The lowest BCUT2D eigenvalue weighted by molar-refractivity contribution is -0.146. The monoisotopic (exact) mass is 408 g/mol. The standard InChI is InChI=1S/C23H24N2O3S/c1-14-6-5-7-18(10-14)23-24-19(13-29-23)11-21(27)28-12-20(26)25-22-16(3)8-15(2)9-17(22)4/h5-10,13H,11-12H2,1-4H3,(H,25,26). The molecule has 0 unspecified atom stereocenters. The summed E-state index contributed by atoms with van der Waals surface area (Å²) >= 11 is 1.49. The van der Waals surface area contributed by atoms with Gasteiger partial charge in [-0.15, -0.1) is 11.3 Å². The first-order valence-electron chi connectivity index (χ1n) is 9.36. The average Bonchev–Trinajstić information content (AvgIpc) is 3.11. The number of nitrogens with one attached hydrogen (secondary N) is 1. The number of rotatable bonds is 6. The largest absolute Gasteiger partial charge is 0.455 e. The third kappa shape index (κ3) is 5.51. The van der Waals surface area contributed by atoms with Crippen molar-refractivity contribution < 1.29 is 14.3 Å². The van der Waals surface area contributed by atoms with Gasteiger partial charge >= 0.3 is 5.97 Å². The number of esters is 1. The van der Waals surface area contributed by atoms with Gasteiger partial charge in [0.05, 0.1) is 12.1 Å². The van der Waals surface area contributed by atoms with Crippen LogP contribution in [0.5, 0.6) is 0 Å². The second kappa shape index (κ2) is 9.01. The predicted molar refractivity (Wildman–Crippen MR) is 116 cm³/mol. The van der Waals surface area contributed by atoms with Crippen molar-refractivity contribution in [1.29, 1.82) is 0 Å². The molecule has 0 fully saturated rings. The maximum absolute atomic E-state index is 12.2. The molecule has 0 saturated heterocycles. The molecule has 6 heteroatoms. The van der Waals surface area contributed by atoms with Crippen LogP contribution in [-0.2, 0) is 20.7 Å². The molecule has 1 heterocycles. The lowest BCUT2D eigenvalue weighted by Gasteiger charge is -2.12. The third-order valence-electron chi connectivity index (χ3n) is 4.45. The van der Waals surface area contributed by atoms with Crippen LogP contribution in [0, 0.1) is 27.7 Å². The number of hydrogen-bond acceptors (Lipinski definition) is 5. The maximum atomic E-state index is 12.2. The van der Waals surface area contributed by atoms with Gasteiger partial charge in [-0.3, -0.25) is 9.59 Å². The van der Waals surface area contributed by atoms with Crippen LogP contribution in [-0.4, -0.2) is 23.5 Å². The normalized spacial score (nSPS) is 10.6. The third-order valence-corrected chi connectivity index (χ3v) is 5.39. The van der Waals surface area contributed by atoms with E-state index in [-0.39, 0.29) is 18.9 Å². The molecular weight excluding hydrogens is 384 g/mol. The molecule has 150 valence electrons. The Morgan fingerprint density at radius 1 is 1.03 bits per heavy atom. The molecule has 0 spiro atoms. The molecule has 3 aromatic rings. The van der Waals surface area contributed by atoms with E-state index in [1.165, 1.54) is 11.3 Å². The number of amides is 1. The van der Waals surface area contributed by atoms with Gasteiger partial charge in [0.25, 0.3) is 5.91 Å². The van der Waals surface area contributed by atoms with Crippen LogP contribution in [0.2, 0.25) is 0 Å². The lowest BCUT2D eigenvalue weighted by atomic mass is 10.1. The number of hydrogen-bond donors (Lipinski definition) is 1. The fourth-order valence-corrected chi connectivity index (χ4v) is 4.01.